The number of nitrogens with zero attached hydrogens (tertiary/aromatic N) is 2. The van der Waals surface area contributed by atoms with Crippen molar-refractivity contribution in [2.24, 2.45) is 0 Å². The van der Waals surface area contributed by atoms with Crippen molar-refractivity contribution in [3.63, 3.8) is 0 Å². The van der Waals surface area contributed by atoms with Gasteiger partial charge in [-0.2, -0.15) is 0 Å². The molecule has 2 rings (SSSR count). The van der Waals surface area contributed by atoms with Crippen LogP contribution in [-0.2, 0) is 6.54 Å². The van der Waals surface area contributed by atoms with E-state index >= 15 is 0 Å². The molecule has 0 aliphatic carbocycles. The number of likely N-dealkylation sites (N-methyl/N-ethyl adjacent to an activating group) is 1. The number of benzene rings is 1. The van der Waals surface area contributed by atoms with Crippen molar-refractivity contribution in [2.75, 3.05) is 44.7 Å². The fourth-order valence-corrected chi connectivity index (χ4v) is 3.08. The molecule has 0 radical (unpaired) electrons. The van der Waals surface area contributed by atoms with Gasteiger partial charge in [0.05, 0.1) is 0 Å². The molecule has 3 nitrogen and oxygen atoms in total. The summed E-state index contributed by atoms with van der Waals surface area (Å²) >= 11 is 0. The number of hydrogen-bond donors (Lipinski definition) is 1. The molecule has 21 heavy (non-hydrogen) atoms. The first-order chi connectivity index (χ1) is 10.2. The van der Waals surface area contributed by atoms with Crippen LogP contribution in [0.1, 0.15) is 37.3 Å². The second-order valence-electron chi connectivity index (χ2n) is 6.27. The summed E-state index contributed by atoms with van der Waals surface area (Å²) in [5, 5.41) is 3.47. The normalized spacial score (nSPS) is 15.6. The zero-order valence-corrected chi connectivity index (χ0v) is 14.0. The molecule has 0 aromatic heterocycles. The number of nitrogens with one attached hydrogen (secondary N) is 1. The van der Waals surface area contributed by atoms with Crippen molar-refractivity contribution >= 4 is 5.69 Å². The average Bonchev–Trinajstić information content (AvgIpc) is 2.98. The highest BCUT2D eigenvalue weighted by atomic mass is 15.2. The summed E-state index contributed by atoms with van der Waals surface area (Å²) < 4.78 is 0. The smallest absolute Gasteiger partial charge is 0.0393 e. The van der Waals surface area contributed by atoms with Gasteiger partial charge in [0.1, 0.15) is 0 Å². The summed E-state index contributed by atoms with van der Waals surface area (Å²) in [5.41, 5.74) is 4.14. The van der Waals surface area contributed by atoms with E-state index in [2.05, 4.69) is 54.2 Å². The molecular formula is C18H31N3. The van der Waals surface area contributed by atoms with Crippen molar-refractivity contribution in [1.29, 1.82) is 0 Å². The fourth-order valence-electron chi connectivity index (χ4n) is 3.08. The highest BCUT2D eigenvalue weighted by molar-refractivity contribution is 5.53. The molecule has 3 heteroatoms. The van der Waals surface area contributed by atoms with Gasteiger partial charge in [0.2, 0.25) is 0 Å². The van der Waals surface area contributed by atoms with Gasteiger partial charge in [-0.25, -0.2) is 0 Å². The zero-order valence-electron chi connectivity index (χ0n) is 14.0. The summed E-state index contributed by atoms with van der Waals surface area (Å²) in [6.07, 6.45) is 3.95. The second kappa shape index (κ2) is 8.40. The Morgan fingerprint density at radius 1 is 1.24 bits per heavy atom. The third kappa shape index (κ3) is 5.01. The number of likely N-dealkylation sites (tertiary alicyclic amines) is 1. The van der Waals surface area contributed by atoms with E-state index in [-0.39, 0.29) is 0 Å². The van der Waals surface area contributed by atoms with Crippen LogP contribution in [0.3, 0.4) is 0 Å². The van der Waals surface area contributed by atoms with Gasteiger partial charge < -0.3 is 15.1 Å². The summed E-state index contributed by atoms with van der Waals surface area (Å²) in [7, 11) is 2.22. The number of anilines is 1. The molecule has 0 amide bonds. The highest BCUT2D eigenvalue weighted by Gasteiger charge is 2.12. The van der Waals surface area contributed by atoms with Crippen LogP contribution in [-0.4, -0.2) is 44.7 Å². The van der Waals surface area contributed by atoms with Gasteiger partial charge in [0.25, 0.3) is 0 Å². The lowest BCUT2D eigenvalue weighted by atomic mass is 10.1. The van der Waals surface area contributed by atoms with Crippen molar-refractivity contribution < 1.29 is 0 Å². The first kappa shape index (κ1) is 16.3. The molecule has 0 spiro atoms. The quantitative estimate of drug-likeness (QED) is 0.742. The van der Waals surface area contributed by atoms with Gasteiger partial charge in [-0.1, -0.05) is 19.1 Å². The van der Waals surface area contributed by atoms with Crippen molar-refractivity contribution in [1.82, 2.24) is 10.2 Å². The van der Waals surface area contributed by atoms with E-state index in [1.165, 1.54) is 55.7 Å². The Morgan fingerprint density at radius 2 is 2.00 bits per heavy atom. The molecule has 0 bridgehead atoms. The van der Waals surface area contributed by atoms with Crippen LogP contribution in [0.15, 0.2) is 18.2 Å². The Balaban J connectivity index is 1.86. The fraction of sp³-hybridized carbons (Fsp3) is 0.667. The molecule has 1 N–H and O–H groups in total. The molecule has 1 fully saturated rings. The van der Waals surface area contributed by atoms with Crippen LogP contribution in [0.2, 0.25) is 0 Å². The SMILES string of the molecule is CCCNCc1ccc(N(C)CCN2CCCC2)c(C)c1. The Morgan fingerprint density at radius 3 is 2.67 bits per heavy atom. The molecule has 1 saturated heterocycles. The van der Waals surface area contributed by atoms with Crippen LogP contribution in [0.4, 0.5) is 5.69 Å². The maximum atomic E-state index is 3.47. The van der Waals surface area contributed by atoms with E-state index in [1.807, 2.05) is 0 Å². The molecule has 0 saturated carbocycles. The topological polar surface area (TPSA) is 18.5 Å². The third-order valence-corrected chi connectivity index (χ3v) is 4.38. The van der Waals surface area contributed by atoms with Crippen molar-refractivity contribution in [3.05, 3.63) is 29.3 Å². The largest absolute Gasteiger partial charge is 0.373 e. The highest BCUT2D eigenvalue weighted by Crippen LogP contribution is 2.20. The van der Waals surface area contributed by atoms with Crippen LogP contribution < -0.4 is 10.2 Å². The lowest BCUT2D eigenvalue weighted by Crippen LogP contribution is -2.31. The molecule has 0 unspecified atom stereocenters. The monoisotopic (exact) mass is 289 g/mol. The summed E-state index contributed by atoms with van der Waals surface area (Å²) in [6.45, 7) is 11.4. The lowest BCUT2D eigenvalue weighted by molar-refractivity contribution is 0.346. The molecular weight excluding hydrogens is 258 g/mol. The first-order valence-electron chi connectivity index (χ1n) is 8.44. The zero-order chi connectivity index (χ0) is 15.1. The van der Waals surface area contributed by atoms with E-state index in [1.54, 1.807) is 0 Å². The predicted molar refractivity (Wildman–Crippen MR) is 92.1 cm³/mol. The Kier molecular flexibility index (Phi) is 6.52. The van der Waals surface area contributed by atoms with E-state index in [0.29, 0.717) is 0 Å². The van der Waals surface area contributed by atoms with E-state index < -0.39 is 0 Å². The maximum Gasteiger partial charge on any atom is 0.0393 e. The maximum absolute atomic E-state index is 3.47. The number of hydrogen-bond acceptors (Lipinski definition) is 3. The van der Waals surface area contributed by atoms with E-state index in [0.717, 1.165) is 19.6 Å². The lowest BCUT2D eigenvalue weighted by Gasteiger charge is -2.25. The number of aryl methyl sites for hydroxylation is 1. The van der Waals surface area contributed by atoms with Crippen LogP contribution in [0.25, 0.3) is 0 Å². The Bertz CT molecular complexity index is 424. The Hall–Kier alpha value is -1.06. The predicted octanol–water partition coefficient (Wildman–Crippen LogP) is 3.03. The Labute approximate surface area is 130 Å². The minimum Gasteiger partial charge on any atom is -0.373 e. The van der Waals surface area contributed by atoms with Crippen LogP contribution >= 0.6 is 0 Å². The van der Waals surface area contributed by atoms with Gasteiger partial charge in [-0.05, 0) is 63.0 Å². The molecule has 1 aliphatic heterocycles. The molecule has 118 valence electrons. The summed E-state index contributed by atoms with van der Waals surface area (Å²) in [4.78, 5) is 4.98. The van der Waals surface area contributed by atoms with Gasteiger partial charge in [0, 0.05) is 32.4 Å². The average molecular weight is 289 g/mol. The molecule has 1 heterocycles. The van der Waals surface area contributed by atoms with Gasteiger partial charge >= 0.3 is 0 Å². The number of rotatable bonds is 8. The van der Waals surface area contributed by atoms with Crippen molar-refractivity contribution in [2.45, 2.75) is 39.7 Å². The van der Waals surface area contributed by atoms with Crippen LogP contribution in [0.5, 0.6) is 0 Å². The van der Waals surface area contributed by atoms with Crippen LogP contribution in [0, 0.1) is 6.92 Å². The third-order valence-electron chi connectivity index (χ3n) is 4.38. The molecule has 1 aliphatic rings. The summed E-state index contributed by atoms with van der Waals surface area (Å²) in [6, 6.07) is 6.87. The first-order valence-corrected chi connectivity index (χ1v) is 8.44. The van der Waals surface area contributed by atoms with Gasteiger partial charge in [-0.3, -0.25) is 0 Å². The second-order valence-corrected chi connectivity index (χ2v) is 6.27. The molecule has 1 aromatic carbocycles. The van der Waals surface area contributed by atoms with Crippen molar-refractivity contribution in [3.8, 4) is 0 Å². The van der Waals surface area contributed by atoms with Gasteiger partial charge in [0.15, 0.2) is 0 Å². The molecule has 1 aromatic rings. The van der Waals surface area contributed by atoms with E-state index in [9.17, 15) is 0 Å². The van der Waals surface area contributed by atoms with E-state index in [4.69, 9.17) is 0 Å². The summed E-state index contributed by atoms with van der Waals surface area (Å²) in [5.74, 6) is 0. The minimum atomic E-state index is 0.979. The van der Waals surface area contributed by atoms with Gasteiger partial charge in [-0.15, -0.1) is 0 Å². The molecule has 0 atom stereocenters. The minimum absolute atomic E-state index is 0.979. The standard InChI is InChI=1S/C18H31N3/c1-4-9-19-15-17-7-8-18(16(2)14-17)20(3)12-13-21-10-5-6-11-21/h7-8,14,19H,4-6,9-13,15H2,1-3H3.